The molecule has 78 valence electrons. The largest absolute Gasteiger partial charge is 0.296 e. The summed E-state index contributed by atoms with van der Waals surface area (Å²) >= 11 is 0. The Labute approximate surface area is 90.8 Å². The Balaban J connectivity index is 2.61. The molecule has 0 unspecified atom stereocenters. The number of para-hydroxylation sites is 2. The maximum atomic E-state index is 10.9. The second-order valence-electron chi connectivity index (χ2n) is 3.50. The molecule has 0 saturated carbocycles. The maximum Gasteiger partial charge on any atom is 0.185 e. The fourth-order valence-corrected chi connectivity index (χ4v) is 1.75. The highest BCUT2D eigenvalue weighted by atomic mass is 16.1. The van der Waals surface area contributed by atoms with Gasteiger partial charge in [0, 0.05) is 0 Å². The van der Waals surface area contributed by atoms with Gasteiger partial charge in [-0.1, -0.05) is 12.1 Å². The quantitative estimate of drug-likeness (QED) is 0.572. The predicted molar refractivity (Wildman–Crippen MR) is 58.4 cm³/mol. The van der Waals surface area contributed by atoms with E-state index in [4.69, 9.17) is 0 Å². The highest BCUT2D eigenvalue weighted by molar-refractivity contribution is 5.87. The van der Waals surface area contributed by atoms with E-state index in [2.05, 4.69) is 15.1 Å². The number of hydrogen-bond acceptors (Lipinski definition) is 4. The van der Waals surface area contributed by atoms with E-state index in [1.165, 1.54) is 0 Å². The average molecular weight is 212 g/mol. The molecule has 16 heavy (non-hydrogen) atoms. The molecular weight excluding hydrogens is 204 g/mol. The summed E-state index contributed by atoms with van der Waals surface area (Å²) < 4.78 is 1.65. The molecule has 0 radical (unpaired) electrons. The second-order valence-corrected chi connectivity index (χ2v) is 3.50. The van der Waals surface area contributed by atoms with Crippen molar-refractivity contribution in [3.63, 3.8) is 0 Å². The lowest BCUT2D eigenvalue weighted by molar-refractivity contribution is 0.112. The summed E-state index contributed by atoms with van der Waals surface area (Å²) in [6.07, 6.45) is 0.704. The van der Waals surface area contributed by atoms with Crippen molar-refractivity contribution in [2.75, 3.05) is 0 Å². The Morgan fingerprint density at radius 1 is 1.25 bits per heavy atom. The van der Waals surface area contributed by atoms with Crippen molar-refractivity contribution in [3.05, 3.63) is 35.8 Å². The van der Waals surface area contributed by atoms with Crippen molar-refractivity contribution in [2.45, 2.75) is 6.92 Å². The Bertz CT molecular complexity index is 702. The molecule has 2 aromatic heterocycles. The summed E-state index contributed by atoms with van der Waals surface area (Å²) in [6, 6.07) is 7.53. The van der Waals surface area contributed by atoms with Crippen LogP contribution in [-0.2, 0) is 0 Å². The number of aromatic nitrogens is 4. The van der Waals surface area contributed by atoms with Gasteiger partial charge in [0.25, 0.3) is 0 Å². The lowest BCUT2D eigenvalue weighted by Gasteiger charge is -2.00. The van der Waals surface area contributed by atoms with Crippen LogP contribution in [0.5, 0.6) is 0 Å². The molecule has 0 N–H and O–H groups in total. The summed E-state index contributed by atoms with van der Waals surface area (Å²) in [7, 11) is 0. The fraction of sp³-hybridized carbons (Fsp3) is 0.0909. The first-order chi connectivity index (χ1) is 7.79. The van der Waals surface area contributed by atoms with Crippen LogP contribution in [0.2, 0.25) is 0 Å². The molecule has 5 nitrogen and oxygen atoms in total. The van der Waals surface area contributed by atoms with Crippen LogP contribution in [0, 0.1) is 6.92 Å². The lowest BCUT2D eigenvalue weighted by Crippen LogP contribution is -1.98. The summed E-state index contributed by atoms with van der Waals surface area (Å²) in [6.45, 7) is 1.79. The van der Waals surface area contributed by atoms with Crippen LogP contribution in [0.4, 0.5) is 0 Å². The van der Waals surface area contributed by atoms with Gasteiger partial charge in [-0.05, 0) is 19.1 Å². The second kappa shape index (κ2) is 3.10. The van der Waals surface area contributed by atoms with Crippen LogP contribution in [-0.4, -0.2) is 25.9 Å². The van der Waals surface area contributed by atoms with Gasteiger partial charge in [-0.25, -0.2) is 14.5 Å². The highest BCUT2D eigenvalue weighted by Crippen LogP contribution is 2.15. The molecule has 0 aliphatic heterocycles. The number of rotatable bonds is 1. The zero-order valence-electron chi connectivity index (χ0n) is 8.58. The molecule has 5 heteroatoms. The van der Waals surface area contributed by atoms with Crippen molar-refractivity contribution in [3.8, 4) is 0 Å². The van der Waals surface area contributed by atoms with Crippen LogP contribution < -0.4 is 0 Å². The van der Waals surface area contributed by atoms with Crippen molar-refractivity contribution < 1.29 is 4.79 Å². The normalized spacial score (nSPS) is 11.1. The molecule has 2 heterocycles. The molecule has 3 rings (SSSR count). The molecule has 0 bridgehead atoms. The monoisotopic (exact) mass is 212 g/mol. The lowest BCUT2D eigenvalue weighted by atomic mass is 10.3. The predicted octanol–water partition coefficient (Wildman–Crippen LogP) is 1.40. The van der Waals surface area contributed by atoms with Gasteiger partial charge in [-0.3, -0.25) is 4.79 Å². The minimum atomic E-state index is 0.319. The summed E-state index contributed by atoms with van der Waals surface area (Å²) in [4.78, 5) is 19.4. The van der Waals surface area contributed by atoms with Crippen molar-refractivity contribution in [1.29, 1.82) is 0 Å². The summed E-state index contributed by atoms with van der Waals surface area (Å²) in [5.74, 6) is 0.626. The number of carbonyl (C=O) groups excluding carboxylic acids is 1. The molecular formula is C11H8N4O. The van der Waals surface area contributed by atoms with Crippen molar-refractivity contribution in [1.82, 2.24) is 19.6 Å². The van der Waals surface area contributed by atoms with E-state index in [0.717, 1.165) is 11.0 Å². The SMILES string of the molecule is Cc1nc2c(C=O)nc3ccccc3n2n1. The first-order valence-corrected chi connectivity index (χ1v) is 4.87. The topological polar surface area (TPSA) is 60.2 Å². The Hall–Kier alpha value is -2.30. The van der Waals surface area contributed by atoms with Crippen LogP contribution in [0.25, 0.3) is 16.7 Å². The number of aldehydes is 1. The number of fused-ring (bicyclic) bond motifs is 3. The molecule has 1 aromatic carbocycles. The first kappa shape index (κ1) is 8.96. The van der Waals surface area contributed by atoms with E-state index < -0.39 is 0 Å². The van der Waals surface area contributed by atoms with E-state index in [1.54, 1.807) is 11.4 Å². The molecule has 0 aliphatic rings. The van der Waals surface area contributed by atoms with Gasteiger partial charge in [-0.15, -0.1) is 0 Å². The smallest absolute Gasteiger partial charge is 0.185 e. The third-order valence-electron chi connectivity index (χ3n) is 2.40. The fourth-order valence-electron chi connectivity index (χ4n) is 1.75. The summed E-state index contributed by atoms with van der Waals surface area (Å²) in [5.41, 5.74) is 2.41. The van der Waals surface area contributed by atoms with Gasteiger partial charge >= 0.3 is 0 Å². The number of hydrogen-bond donors (Lipinski definition) is 0. The number of nitrogens with zero attached hydrogens (tertiary/aromatic N) is 4. The third-order valence-corrected chi connectivity index (χ3v) is 2.40. The molecule has 0 atom stereocenters. The Morgan fingerprint density at radius 3 is 2.88 bits per heavy atom. The van der Waals surface area contributed by atoms with E-state index >= 15 is 0 Å². The number of benzene rings is 1. The third kappa shape index (κ3) is 1.11. The molecule has 0 spiro atoms. The molecule has 0 aliphatic carbocycles. The zero-order chi connectivity index (χ0) is 11.1. The standard InChI is InChI=1S/C11H8N4O/c1-7-12-11-9(6-16)13-8-4-2-3-5-10(8)15(11)14-7/h2-6H,1H3. The zero-order valence-corrected chi connectivity index (χ0v) is 8.58. The average Bonchev–Trinajstić information content (AvgIpc) is 2.69. The van der Waals surface area contributed by atoms with Gasteiger partial charge in [0.05, 0.1) is 11.0 Å². The molecule has 3 aromatic rings. The van der Waals surface area contributed by atoms with Crippen LogP contribution in [0.1, 0.15) is 16.3 Å². The highest BCUT2D eigenvalue weighted by Gasteiger charge is 2.10. The van der Waals surface area contributed by atoms with Gasteiger partial charge in [0.1, 0.15) is 11.5 Å². The van der Waals surface area contributed by atoms with Crippen LogP contribution in [0.15, 0.2) is 24.3 Å². The van der Waals surface area contributed by atoms with E-state index in [0.29, 0.717) is 23.5 Å². The van der Waals surface area contributed by atoms with Gasteiger partial charge < -0.3 is 0 Å². The minimum absolute atomic E-state index is 0.319. The van der Waals surface area contributed by atoms with Gasteiger partial charge in [0.15, 0.2) is 11.9 Å². The number of aryl methyl sites for hydroxylation is 1. The number of carbonyl (C=O) groups is 1. The van der Waals surface area contributed by atoms with E-state index in [-0.39, 0.29) is 0 Å². The first-order valence-electron chi connectivity index (χ1n) is 4.87. The van der Waals surface area contributed by atoms with Gasteiger partial charge in [-0.2, -0.15) is 5.10 Å². The van der Waals surface area contributed by atoms with Crippen LogP contribution in [0.3, 0.4) is 0 Å². The molecule has 0 fully saturated rings. The maximum absolute atomic E-state index is 10.9. The van der Waals surface area contributed by atoms with E-state index in [1.807, 2.05) is 24.3 Å². The summed E-state index contributed by atoms with van der Waals surface area (Å²) in [5, 5.41) is 4.26. The Morgan fingerprint density at radius 2 is 2.06 bits per heavy atom. The van der Waals surface area contributed by atoms with E-state index in [9.17, 15) is 4.79 Å². The minimum Gasteiger partial charge on any atom is -0.296 e. The molecule has 0 amide bonds. The Kier molecular flexibility index (Phi) is 1.73. The van der Waals surface area contributed by atoms with Crippen molar-refractivity contribution in [2.24, 2.45) is 0 Å². The van der Waals surface area contributed by atoms with Crippen molar-refractivity contribution >= 4 is 23.0 Å². The molecule has 0 saturated heterocycles. The van der Waals surface area contributed by atoms with Crippen LogP contribution >= 0.6 is 0 Å². The van der Waals surface area contributed by atoms with Gasteiger partial charge in [0.2, 0.25) is 0 Å².